The molecule has 3 N–H and O–H groups in total. The van der Waals surface area contributed by atoms with Gasteiger partial charge in [-0.3, -0.25) is 4.57 Å². The van der Waals surface area contributed by atoms with Gasteiger partial charge in [-0.25, -0.2) is 0 Å². The number of hydrogen-bond acceptors (Lipinski definition) is 4. The van der Waals surface area contributed by atoms with E-state index in [2.05, 4.69) is 15.4 Å². The summed E-state index contributed by atoms with van der Waals surface area (Å²) >= 11 is 0. The summed E-state index contributed by atoms with van der Waals surface area (Å²) in [6.07, 6.45) is 0. The molecule has 0 bridgehead atoms. The van der Waals surface area contributed by atoms with Crippen molar-refractivity contribution in [2.75, 3.05) is 0 Å². The molecule has 0 aliphatic carbocycles. The summed E-state index contributed by atoms with van der Waals surface area (Å²) in [5.74, 6) is -0.0399. The van der Waals surface area contributed by atoms with Gasteiger partial charge in [0.15, 0.2) is 11.8 Å². The summed E-state index contributed by atoms with van der Waals surface area (Å²) in [6.45, 7) is 1.86. The van der Waals surface area contributed by atoms with Gasteiger partial charge in [0, 0.05) is 17.7 Å². The predicted molar refractivity (Wildman–Crippen MR) is 61.3 cm³/mol. The topological polar surface area (TPSA) is 87.0 Å². The van der Waals surface area contributed by atoms with Crippen LogP contribution in [-0.4, -0.2) is 30.2 Å². The van der Waals surface area contributed by atoms with Gasteiger partial charge in [0.25, 0.3) is 0 Å². The number of H-pyrrole nitrogens is 1. The molecule has 0 fully saturated rings. The minimum atomic E-state index is -0.0200. The molecule has 0 saturated carbocycles. The van der Waals surface area contributed by atoms with Crippen LogP contribution in [0.4, 0.5) is 0 Å². The number of aryl methyl sites for hydroxylation is 1. The lowest BCUT2D eigenvalue weighted by Crippen LogP contribution is -1.96. The molecule has 1 aromatic carbocycles. The largest absolute Gasteiger partial charge is 0.494 e. The number of fused-ring (bicyclic) bond motifs is 1. The van der Waals surface area contributed by atoms with Crippen LogP contribution in [0.25, 0.3) is 16.7 Å². The SMILES string of the molecule is Cc1c(-n2c(O)ccc2O)ccc2n[nH]nc12. The number of aromatic nitrogens is 4. The van der Waals surface area contributed by atoms with Gasteiger partial charge in [-0.05, 0) is 19.1 Å². The van der Waals surface area contributed by atoms with Gasteiger partial charge >= 0.3 is 0 Å². The molecule has 0 spiro atoms. The molecule has 0 unspecified atom stereocenters. The van der Waals surface area contributed by atoms with Gasteiger partial charge in [0.05, 0.1) is 5.69 Å². The summed E-state index contributed by atoms with van der Waals surface area (Å²) in [4.78, 5) is 0. The van der Waals surface area contributed by atoms with Crippen LogP contribution in [-0.2, 0) is 0 Å². The fourth-order valence-electron chi connectivity index (χ4n) is 1.94. The summed E-state index contributed by atoms with van der Waals surface area (Å²) in [6, 6.07) is 6.42. The van der Waals surface area contributed by atoms with Gasteiger partial charge in [-0.1, -0.05) is 0 Å². The molecule has 0 atom stereocenters. The molecular formula is C11H10N4O2. The van der Waals surface area contributed by atoms with Gasteiger partial charge in [0.2, 0.25) is 0 Å². The second-order valence-corrected chi connectivity index (χ2v) is 3.79. The minimum absolute atomic E-state index is 0.0200. The third-order valence-corrected chi connectivity index (χ3v) is 2.79. The lowest BCUT2D eigenvalue weighted by Gasteiger charge is -2.09. The molecule has 3 rings (SSSR count). The minimum Gasteiger partial charge on any atom is -0.494 e. The Bertz CT molecular complexity index is 679. The number of aromatic hydroxyl groups is 2. The van der Waals surface area contributed by atoms with E-state index in [0.717, 1.165) is 16.6 Å². The zero-order valence-electron chi connectivity index (χ0n) is 9.05. The summed E-state index contributed by atoms with van der Waals surface area (Å²) in [5, 5.41) is 29.9. The van der Waals surface area contributed by atoms with Gasteiger partial charge in [-0.2, -0.15) is 15.4 Å². The van der Waals surface area contributed by atoms with Crippen molar-refractivity contribution in [3.05, 3.63) is 29.8 Å². The normalized spacial score (nSPS) is 11.1. The zero-order chi connectivity index (χ0) is 12.0. The maximum Gasteiger partial charge on any atom is 0.198 e. The third-order valence-electron chi connectivity index (χ3n) is 2.79. The van der Waals surface area contributed by atoms with Crippen LogP contribution < -0.4 is 0 Å². The van der Waals surface area contributed by atoms with E-state index < -0.39 is 0 Å². The number of nitrogens with one attached hydrogen (secondary N) is 1. The van der Waals surface area contributed by atoms with E-state index in [-0.39, 0.29) is 11.8 Å². The number of aromatic amines is 1. The number of nitrogens with zero attached hydrogens (tertiary/aromatic N) is 3. The Morgan fingerprint density at radius 2 is 1.76 bits per heavy atom. The monoisotopic (exact) mass is 230 g/mol. The number of rotatable bonds is 1. The van der Waals surface area contributed by atoms with Gasteiger partial charge in [-0.15, -0.1) is 0 Å². The predicted octanol–water partition coefficient (Wildman–Crippen LogP) is 1.47. The molecule has 0 amide bonds. The average Bonchev–Trinajstić information content (AvgIpc) is 2.89. The Labute approximate surface area is 96.1 Å². The van der Waals surface area contributed by atoms with Gasteiger partial charge < -0.3 is 10.2 Å². The van der Waals surface area contributed by atoms with Crippen LogP contribution >= 0.6 is 0 Å². The van der Waals surface area contributed by atoms with E-state index in [1.807, 2.05) is 6.92 Å². The molecule has 0 aliphatic rings. The van der Waals surface area contributed by atoms with E-state index in [1.54, 1.807) is 12.1 Å². The lowest BCUT2D eigenvalue weighted by atomic mass is 10.1. The molecule has 3 aromatic rings. The standard InChI is InChI=1S/C11H10N4O2/c1-6-8(15-9(16)4-5-10(15)17)3-2-7-11(6)13-14-12-7/h2-5,16-17H,1H3,(H,12,13,14). The van der Waals surface area contributed by atoms with Crippen molar-refractivity contribution >= 4 is 11.0 Å². The number of hydrogen-bond donors (Lipinski definition) is 3. The Morgan fingerprint density at radius 3 is 2.47 bits per heavy atom. The first-order valence-electron chi connectivity index (χ1n) is 5.08. The highest BCUT2D eigenvalue weighted by molar-refractivity contribution is 5.81. The molecule has 2 heterocycles. The van der Waals surface area contributed by atoms with E-state index >= 15 is 0 Å². The van der Waals surface area contributed by atoms with Gasteiger partial charge in [0.1, 0.15) is 11.0 Å². The van der Waals surface area contributed by atoms with Crippen LogP contribution in [0.1, 0.15) is 5.56 Å². The quantitative estimate of drug-likeness (QED) is 0.590. The lowest BCUT2D eigenvalue weighted by molar-refractivity contribution is 0.402. The van der Waals surface area contributed by atoms with Crippen LogP contribution in [0.15, 0.2) is 24.3 Å². The van der Waals surface area contributed by atoms with Crippen LogP contribution in [0, 0.1) is 6.92 Å². The fraction of sp³-hybridized carbons (Fsp3) is 0.0909. The summed E-state index contributed by atoms with van der Waals surface area (Å²) in [7, 11) is 0. The van der Waals surface area contributed by atoms with Crippen LogP contribution in [0.3, 0.4) is 0 Å². The molecule has 17 heavy (non-hydrogen) atoms. The van der Waals surface area contributed by atoms with Crippen LogP contribution in [0.2, 0.25) is 0 Å². The summed E-state index contributed by atoms with van der Waals surface area (Å²) in [5.41, 5.74) is 2.97. The van der Waals surface area contributed by atoms with Crippen molar-refractivity contribution in [3.63, 3.8) is 0 Å². The molecule has 2 aromatic heterocycles. The van der Waals surface area contributed by atoms with Crippen molar-refractivity contribution in [2.45, 2.75) is 6.92 Å². The second-order valence-electron chi connectivity index (χ2n) is 3.79. The zero-order valence-corrected chi connectivity index (χ0v) is 9.05. The second kappa shape index (κ2) is 3.24. The molecule has 6 nitrogen and oxygen atoms in total. The van der Waals surface area contributed by atoms with E-state index in [4.69, 9.17) is 0 Å². The highest BCUT2D eigenvalue weighted by Crippen LogP contribution is 2.30. The maximum absolute atomic E-state index is 9.69. The van der Waals surface area contributed by atoms with E-state index in [0.29, 0.717) is 5.69 Å². The summed E-state index contributed by atoms with van der Waals surface area (Å²) < 4.78 is 1.35. The molecule has 0 saturated heterocycles. The number of benzene rings is 1. The third kappa shape index (κ3) is 1.27. The molecule has 6 heteroatoms. The van der Waals surface area contributed by atoms with E-state index in [9.17, 15) is 10.2 Å². The van der Waals surface area contributed by atoms with Crippen molar-refractivity contribution in [2.24, 2.45) is 0 Å². The Hall–Kier alpha value is -2.50. The van der Waals surface area contributed by atoms with Crippen LogP contribution in [0.5, 0.6) is 11.8 Å². The first kappa shape index (κ1) is 9.71. The Kier molecular flexibility index (Phi) is 1.85. The molecule has 86 valence electrons. The highest BCUT2D eigenvalue weighted by atomic mass is 16.3. The molecule has 0 radical (unpaired) electrons. The smallest absolute Gasteiger partial charge is 0.198 e. The van der Waals surface area contributed by atoms with Crippen molar-refractivity contribution < 1.29 is 10.2 Å². The first-order valence-corrected chi connectivity index (χ1v) is 5.08. The average molecular weight is 230 g/mol. The fourth-order valence-corrected chi connectivity index (χ4v) is 1.94. The highest BCUT2D eigenvalue weighted by Gasteiger charge is 2.13. The maximum atomic E-state index is 9.69. The van der Waals surface area contributed by atoms with Crippen molar-refractivity contribution in [1.82, 2.24) is 20.0 Å². The Morgan fingerprint density at radius 1 is 1.06 bits per heavy atom. The Balaban J connectivity index is 2.34. The van der Waals surface area contributed by atoms with E-state index in [1.165, 1.54) is 16.7 Å². The molecular weight excluding hydrogens is 220 g/mol. The van der Waals surface area contributed by atoms with Crippen molar-refractivity contribution in [3.8, 4) is 17.4 Å². The van der Waals surface area contributed by atoms with Crippen molar-refractivity contribution in [1.29, 1.82) is 0 Å². The first-order chi connectivity index (χ1) is 8.18. The molecule has 0 aliphatic heterocycles.